The highest BCUT2D eigenvalue weighted by atomic mass is 32.1. The Morgan fingerprint density at radius 1 is 1.41 bits per heavy atom. The minimum atomic E-state index is 0.269. The van der Waals surface area contributed by atoms with E-state index in [2.05, 4.69) is 49.9 Å². The molecular formula is C20H31N5OS. The number of nitrogens with one attached hydrogen (secondary N) is 2. The molecule has 0 amide bonds. The fraction of sp³-hybridized carbons (Fsp3) is 0.600. The lowest BCUT2D eigenvalue weighted by molar-refractivity contribution is 0.164. The monoisotopic (exact) mass is 389 g/mol. The Hall–Kier alpha value is -1.86. The molecule has 1 atom stereocenters. The molecule has 2 N–H and O–H groups in total. The number of rotatable bonds is 6. The number of aryl methyl sites for hydroxylation is 2. The van der Waals surface area contributed by atoms with Gasteiger partial charge in [0.1, 0.15) is 5.76 Å². The summed E-state index contributed by atoms with van der Waals surface area (Å²) in [5, 5.41) is 9.09. The van der Waals surface area contributed by atoms with Crippen molar-refractivity contribution in [3.05, 3.63) is 39.7 Å². The van der Waals surface area contributed by atoms with E-state index >= 15 is 0 Å². The van der Waals surface area contributed by atoms with Gasteiger partial charge in [-0.25, -0.2) is 4.98 Å². The molecule has 6 nitrogen and oxygen atoms in total. The number of aromatic nitrogens is 1. The largest absolute Gasteiger partial charge is 0.444 e. The lowest BCUT2D eigenvalue weighted by Crippen LogP contribution is -2.43. The van der Waals surface area contributed by atoms with Crippen molar-refractivity contribution in [2.24, 2.45) is 10.9 Å². The second kappa shape index (κ2) is 9.37. The zero-order chi connectivity index (χ0) is 19.2. The predicted octanol–water partition coefficient (Wildman–Crippen LogP) is 3.49. The molecule has 148 valence electrons. The highest BCUT2D eigenvalue weighted by Crippen LogP contribution is 2.20. The van der Waals surface area contributed by atoms with E-state index in [-0.39, 0.29) is 6.04 Å². The van der Waals surface area contributed by atoms with Crippen molar-refractivity contribution in [3.63, 3.8) is 0 Å². The Morgan fingerprint density at radius 2 is 2.19 bits per heavy atom. The van der Waals surface area contributed by atoms with Crippen LogP contribution in [-0.2, 0) is 6.54 Å². The maximum atomic E-state index is 5.72. The van der Waals surface area contributed by atoms with Gasteiger partial charge in [0, 0.05) is 18.5 Å². The molecule has 3 rings (SSSR count). The number of hydrogen-bond acceptors (Lipinski definition) is 5. The van der Waals surface area contributed by atoms with Gasteiger partial charge in [-0.1, -0.05) is 6.07 Å². The maximum absolute atomic E-state index is 5.72. The second-order valence-corrected chi connectivity index (χ2v) is 8.28. The fourth-order valence-corrected chi connectivity index (χ4v) is 4.13. The van der Waals surface area contributed by atoms with Crippen LogP contribution in [0, 0.1) is 19.8 Å². The Kier molecular flexibility index (Phi) is 6.90. The van der Waals surface area contributed by atoms with Crippen molar-refractivity contribution >= 4 is 17.3 Å². The molecule has 1 saturated heterocycles. The first-order chi connectivity index (χ1) is 13.0. The Labute approximate surface area is 166 Å². The molecule has 0 aromatic carbocycles. The molecule has 3 heterocycles. The zero-order valence-corrected chi connectivity index (χ0v) is 17.6. The smallest absolute Gasteiger partial charge is 0.208 e. The van der Waals surface area contributed by atoms with Crippen LogP contribution < -0.4 is 10.6 Å². The van der Waals surface area contributed by atoms with Gasteiger partial charge >= 0.3 is 0 Å². The minimum Gasteiger partial charge on any atom is -0.444 e. The number of guanidine groups is 1. The quantitative estimate of drug-likeness (QED) is 0.585. The third-order valence-corrected chi connectivity index (χ3v) is 6.30. The van der Waals surface area contributed by atoms with E-state index in [4.69, 9.17) is 4.42 Å². The van der Waals surface area contributed by atoms with Crippen molar-refractivity contribution in [1.82, 2.24) is 20.5 Å². The van der Waals surface area contributed by atoms with Crippen LogP contribution in [0.25, 0.3) is 0 Å². The molecule has 0 radical (unpaired) electrons. The number of aliphatic imine (C=N–C) groups is 1. The average Bonchev–Trinajstić information content (AvgIpc) is 3.30. The van der Waals surface area contributed by atoms with Crippen LogP contribution in [0.3, 0.4) is 0 Å². The molecule has 0 aliphatic carbocycles. The third-order valence-electron chi connectivity index (χ3n) is 5.24. The SMILES string of the molecule is CN=C(NCC1CCN(Cc2nc(C)c(C)o2)CC1)NC(C)c1cccs1. The third kappa shape index (κ3) is 5.56. The van der Waals surface area contributed by atoms with Gasteiger partial charge in [0.2, 0.25) is 5.89 Å². The summed E-state index contributed by atoms with van der Waals surface area (Å²) >= 11 is 1.77. The van der Waals surface area contributed by atoms with Gasteiger partial charge < -0.3 is 15.1 Å². The van der Waals surface area contributed by atoms with Crippen LogP contribution in [0.2, 0.25) is 0 Å². The summed E-state index contributed by atoms with van der Waals surface area (Å²) in [5.74, 6) is 3.32. The van der Waals surface area contributed by atoms with E-state index in [1.807, 2.05) is 20.9 Å². The molecule has 2 aromatic heterocycles. The lowest BCUT2D eigenvalue weighted by atomic mass is 9.97. The van der Waals surface area contributed by atoms with E-state index in [1.165, 1.54) is 17.7 Å². The van der Waals surface area contributed by atoms with E-state index in [9.17, 15) is 0 Å². The predicted molar refractivity (Wildman–Crippen MR) is 111 cm³/mol. The number of thiophene rings is 1. The molecule has 7 heteroatoms. The van der Waals surface area contributed by atoms with Gasteiger partial charge in [-0.05, 0) is 64.1 Å². The van der Waals surface area contributed by atoms with Crippen molar-refractivity contribution in [3.8, 4) is 0 Å². The average molecular weight is 390 g/mol. The van der Waals surface area contributed by atoms with Gasteiger partial charge in [-0.3, -0.25) is 9.89 Å². The molecule has 27 heavy (non-hydrogen) atoms. The molecule has 0 spiro atoms. The zero-order valence-electron chi connectivity index (χ0n) is 16.8. The van der Waals surface area contributed by atoms with Crippen molar-refractivity contribution < 1.29 is 4.42 Å². The van der Waals surface area contributed by atoms with Crippen molar-refractivity contribution in [2.45, 2.75) is 46.2 Å². The van der Waals surface area contributed by atoms with Crippen molar-refractivity contribution in [2.75, 3.05) is 26.7 Å². The Balaban J connectivity index is 1.39. The van der Waals surface area contributed by atoms with Crippen LogP contribution in [0.1, 0.15) is 48.0 Å². The van der Waals surface area contributed by atoms with E-state index < -0.39 is 0 Å². The molecule has 0 saturated carbocycles. The van der Waals surface area contributed by atoms with E-state index in [0.29, 0.717) is 5.92 Å². The van der Waals surface area contributed by atoms with Gasteiger partial charge in [-0.15, -0.1) is 11.3 Å². The topological polar surface area (TPSA) is 65.7 Å². The summed E-state index contributed by atoms with van der Waals surface area (Å²) in [7, 11) is 1.83. The van der Waals surface area contributed by atoms with Gasteiger partial charge in [0.05, 0.1) is 18.3 Å². The first-order valence-corrected chi connectivity index (χ1v) is 10.6. The molecule has 2 aromatic rings. The molecule has 1 unspecified atom stereocenters. The number of piperidine rings is 1. The van der Waals surface area contributed by atoms with Gasteiger partial charge in [0.15, 0.2) is 5.96 Å². The number of hydrogen-bond donors (Lipinski definition) is 2. The lowest BCUT2D eigenvalue weighted by Gasteiger charge is -2.31. The van der Waals surface area contributed by atoms with E-state index in [0.717, 1.165) is 49.5 Å². The highest BCUT2D eigenvalue weighted by Gasteiger charge is 2.21. The van der Waals surface area contributed by atoms with Crippen LogP contribution in [-0.4, -0.2) is 42.5 Å². The van der Waals surface area contributed by atoms with Crippen molar-refractivity contribution in [1.29, 1.82) is 0 Å². The normalized spacial score (nSPS) is 17.9. The van der Waals surface area contributed by atoms with Gasteiger partial charge in [0.25, 0.3) is 0 Å². The Morgan fingerprint density at radius 3 is 2.78 bits per heavy atom. The summed E-state index contributed by atoms with van der Waals surface area (Å²) in [6.45, 7) is 10.1. The Bertz CT molecular complexity index is 712. The molecule has 0 bridgehead atoms. The molecule has 1 fully saturated rings. The summed E-state index contributed by atoms with van der Waals surface area (Å²) in [5.41, 5.74) is 1.000. The van der Waals surface area contributed by atoms with Crippen LogP contribution in [0.5, 0.6) is 0 Å². The van der Waals surface area contributed by atoms with Crippen LogP contribution in [0.4, 0.5) is 0 Å². The second-order valence-electron chi connectivity index (χ2n) is 7.30. The first-order valence-electron chi connectivity index (χ1n) is 9.71. The molecule has 1 aliphatic rings. The number of nitrogens with zero attached hydrogens (tertiary/aromatic N) is 3. The van der Waals surface area contributed by atoms with Crippen LogP contribution >= 0.6 is 11.3 Å². The standard InChI is InChI=1S/C20H31N5OS/c1-14-16(3)26-19(23-14)13-25-9-7-17(8-10-25)12-22-20(21-4)24-15(2)18-6-5-11-27-18/h5-6,11,15,17H,7-10,12-13H2,1-4H3,(H2,21,22,24). The van der Waals surface area contributed by atoms with Gasteiger partial charge in [-0.2, -0.15) is 0 Å². The van der Waals surface area contributed by atoms with Crippen LogP contribution in [0.15, 0.2) is 26.9 Å². The summed E-state index contributed by atoms with van der Waals surface area (Å²) in [4.78, 5) is 12.6. The number of oxazole rings is 1. The molecular weight excluding hydrogens is 358 g/mol. The molecule has 1 aliphatic heterocycles. The summed E-state index contributed by atoms with van der Waals surface area (Å²) < 4.78 is 5.72. The number of likely N-dealkylation sites (tertiary alicyclic amines) is 1. The summed E-state index contributed by atoms with van der Waals surface area (Å²) in [6.07, 6.45) is 2.37. The van der Waals surface area contributed by atoms with E-state index in [1.54, 1.807) is 11.3 Å². The minimum absolute atomic E-state index is 0.269. The highest BCUT2D eigenvalue weighted by molar-refractivity contribution is 7.10. The maximum Gasteiger partial charge on any atom is 0.208 e. The fourth-order valence-electron chi connectivity index (χ4n) is 3.40. The first kappa shape index (κ1) is 19.9. The summed E-state index contributed by atoms with van der Waals surface area (Å²) in [6, 6.07) is 4.51.